The quantitative estimate of drug-likeness (QED) is 0.808. The number of carbonyl (C=O) groups is 2. The van der Waals surface area contributed by atoms with Gasteiger partial charge in [0.1, 0.15) is 5.52 Å². The number of rotatable bonds is 4. The van der Waals surface area contributed by atoms with E-state index in [4.69, 9.17) is 17.3 Å². The normalized spacial score (nSPS) is 15.1. The fourth-order valence-electron chi connectivity index (χ4n) is 3.05. The van der Waals surface area contributed by atoms with Gasteiger partial charge in [-0.2, -0.15) is 0 Å². The predicted molar refractivity (Wildman–Crippen MR) is 96.1 cm³/mol. The highest BCUT2D eigenvalue weighted by Gasteiger charge is 2.20. The molecule has 138 valence electrons. The molecule has 1 fully saturated rings. The van der Waals surface area contributed by atoms with E-state index in [9.17, 15) is 14.4 Å². The Morgan fingerprint density at radius 1 is 1.23 bits per heavy atom. The van der Waals surface area contributed by atoms with Crippen molar-refractivity contribution in [3.63, 3.8) is 0 Å². The lowest BCUT2D eigenvalue weighted by Gasteiger charge is -2.26. The van der Waals surface area contributed by atoms with Crippen LogP contribution in [0.2, 0.25) is 5.02 Å². The van der Waals surface area contributed by atoms with Crippen molar-refractivity contribution in [2.24, 2.45) is 5.73 Å². The van der Waals surface area contributed by atoms with E-state index in [1.54, 1.807) is 0 Å². The summed E-state index contributed by atoms with van der Waals surface area (Å²) in [4.78, 5) is 46.3. The van der Waals surface area contributed by atoms with E-state index >= 15 is 0 Å². The van der Waals surface area contributed by atoms with Gasteiger partial charge >= 0.3 is 6.03 Å². The molecule has 3 N–H and O–H groups in total. The highest BCUT2D eigenvalue weighted by molar-refractivity contribution is 6.31. The van der Waals surface area contributed by atoms with Crippen LogP contribution in [0.1, 0.15) is 29.8 Å². The number of pyridine rings is 1. The van der Waals surface area contributed by atoms with Gasteiger partial charge in [0, 0.05) is 19.3 Å². The summed E-state index contributed by atoms with van der Waals surface area (Å²) >= 11 is 5.95. The molecule has 0 atom stereocenters. The van der Waals surface area contributed by atoms with Crippen LogP contribution in [0.3, 0.4) is 0 Å². The van der Waals surface area contributed by atoms with Crippen LogP contribution in [-0.4, -0.2) is 51.0 Å². The highest BCUT2D eigenvalue weighted by atomic mass is 35.5. The van der Waals surface area contributed by atoms with Crippen molar-refractivity contribution in [2.45, 2.75) is 25.8 Å². The van der Waals surface area contributed by atoms with Crippen molar-refractivity contribution in [1.82, 2.24) is 24.8 Å². The van der Waals surface area contributed by atoms with Crippen LogP contribution in [0.25, 0.3) is 11.2 Å². The SMILES string of the molecule is NC(=O)NC(=O)c1nc2cc(Cl)cnc2n(CCN2CCCCC2)c1=O. The van der Waals surface area contributed by atoms with Gasteiger partial charge in [0.2, 0.25) is 0 Å². The fourth-order valence-corrected chi connectivity index (χ4v) is 3.21. The number of aromatic nitrogens is 3. The number of fused-ring (bicyclic) bond motifs is 1. The minimum atomic E-state index is -1.06. The number of nitrogens with zero attached hydrogens (tertiary/aromatic N) is 4. The lowest BCUT2D eigenvalue weighted by molar-refractivity contribution is 0.0959. The van der Waals surface area contributed by atoms with Crippen molar-refractivity contribution < 1.29 is 9.59 Å². The molecule has 3 heterocycles. The summed E-state index contributed by atoms with van der Waals surface area (Å²) in [5.41, 5.74) is 4.56. The van der Waals surface area contributed by atoms with Crippen LogP contribution in [0.5, 0.6) is 0 Å². The summed E-state index contributed by atoms with van der Waals surface area (Å²) in [6.45, 7) is 2.96. The third-order valence-corrected chi connectivity index (χ3v) is 4.50. The van der Waals surface area contributed by atoms with E-state index in [1.165, 1.54) is 23.3 Å². The van der Waals surface area contributed by atoms with Gasteiger partial charge in [-0.3, -0.25) is 19.5 Å². The Morgan fingerprint density at radius 2 is 1.96 bits per heavy atom. The van der Waals surface area contributed by atoms with Gasteiger partial charge in [-0.15, -0.1) is 0 Å². The zero-order valence-electron chi connectivity index (χ0n) is 14.1. The van der Waals surface area contributed by atoms with Crippen LogP contribution in [0, 0.1) is 0 Å². The van der Waals surface area contributed by atoms with Crippen LogP contribution in [0.15, 0.2) is 17.1 Å². The van der Waals surface area contributed by atoms with E-state index in [0.717, 1.165) is 25.9 Å². The van der Waals surface area contributed by atoms with Crippen LogP contribution in [-0.2, 0) is 6.54 Å². The van der Waals surface area contributed by atoms with Crippen LogP contribution in [0.4, 0.5) is 4.79 Å². The molecule has 1 aliphatic rings. The molecule has 0 radical (unpaired) electrons. The number of carbonyl (C=O) groups excluding carboxylic acids is 2. The van der Waals surface area contributed by atoms with Crippen molar-refractivity contribution in [3.8, 4) is 0 Å². The van der Waals surface area contributed by atoms with E-state index < -0.39 is 23.2 Å². The Hall–Kier alpha value is -2.52. The zero-order chi connectivity index (χ0) is 18.7. The molecule has 0 aliphatic carbocycles. The Bertz CT molecular complexity index is 907. The van der Waals surface area contributed by atoms with Crippen molar-refractivity contribution in [2.75, 3.05) is 19.6 Å². The first-order chi connectivity index (χ1) is 12.5. The molecule has 0 spiro atoms. The first-order valence-corrected chi connectivity index (χ1v) is 8.73. The number of hydrogen-bond donors (Lipinski definition) is 2. The summed E-state index contributed by atoms with van der Waals surface area (Å²) in [5.74, 6) is -0.948. The van der Waals surface area contributed by atoms with Gasteiger partial charge in [-0.1, -0.05) is 18.0 Å². The second kappa shape index (κ2) is 7.79. The van der Waals surface area contributed by atoms with Crippen LogP contribution < -0.4 is 16.6 Å². The molecule has 10 heteroatoms. The average molecular weight is 379 g/mol. The molecule has 0 aromatic carbocycles. The molecular formula is C16H19ClN6O3. The standard InChI is InChI=1S/C16H19ClN6O3/c17-10-8-11-13(19-9-10)23(7-6-22-4-2-1-3-5-22)15(25)12(20-11)14(24)21-16(18)26/h8-9H,1-7H2,(H3,18,21,24,26). The van der Waals surface area contributed by atoms with Crippen LogP contribution >= 0.6 is 11.6 Å². The summed E-state index contributed by atoms with van der Waals surface area (Å²) in [6.07, 6.45) is 4.90. The van der Waals surface area contributed by atoms with Gasteiger partial charge in [0.25, 0.3) is 11.5 Å². The van der Waals surface area contributed by atoms with Crippen molar-refractivity contribution in [1.29, 1.82) is 0 Å². The largest absolute Gasteiger partial charge is 0.351 e. The predicted octanol–water partition coefficient (Wildman–Crippen LogP) is 0.739. The molecule has 9 nitrogen and oxygen atoms in total. The van der Waals surface area contributed by atoms with E-state index in [2.05, 4.69) is 14.9 Å². The fraction of sp³-hybridized carbons (Fsp3) is 0.438. The zero-order valence-corrected chi connectivity index (χ0v) is 14.8. The number of nitrogens with two attached hydrogens (primary N) is 1. The Balaban J connectivity index is 2.00. The molecule has 1 saturated heterocycles. The number of urea groups is 1. The smallest absolute Gasteiger partial charge is 0.319 e. The summed E-state index contributed by atoms with van der Waals surface area (Å²) in [6, 6.07) is 0.460. The molecule has 2 aromatic heterocycles. The number of primary amides is 1. The van der Waals surface area contributed by atoms with Gasteiger partial charge in [0.05, 0.1) is 5.02 Å². The lowest BCUT2D eigenvalue weighted by atomic mass is 10.1. The van der Waals surface area contributed by atoms with Gasteiger partial charge < -0.3 is 10.6 Å². The highest BCUT2D eigenvalue weighted by Crippen LogP contribution is 2.15. The van der Waals surface area contributed by atoms with Gasteiger partial charge in [-0.25, -0.2) is 14.8 Å². The number of likely N-dealkylation sites (tertiary alicyclic amines) is 1. The molecule has 0 unspecified atom stereocenters. The maximum absolute atomic E-state index is 12.8. The van der Waals surface area contributed by atoms with Crippen molar-refractivity contribution in [3.05, 3.63) is 33.3 Å². The number of piperidine rings is 1. The first kappa shape index (κ1) is 18.3. The van der Waals surface area contributed by atoms with Gasteiger partial charge in [-0.05, 0) is 32.0 Å². The second-order valence-electron chi connectivity index (χ2n) is 6.13. The number of halogens is 1. The summed E-state index contributed by atoms with van der Waals surface area (Å²) in [7, 11) is 0. The van der Waals surface area contributed by atoms with E-state index in [1.807, 2.05) is 5.32 Å². The Morgan fingerprint density at radius 3 is 2.65 bits per heavy atom. The van der Waals surface area contributed by atoms with E-state index in [0.29, 0.717) is 29.3 Å². The topological polar surface area (TPSA) is 123 Å². The van der Waals surface area contributed by atoms with E-state index in [-0.39, 0.29) is 0 Å². The molecule has 2 aromatic rings. The number of imide groups is 1. The number of hydrogen-bond acceptors (Lipinski definition) is 6. The maximum Gasteiger partial charge on any atom is 0.319 e. The minimum Gasteiger partial charge on any atom is -0.351 e. The molecule has 26 heavy (non-hydrogen) atoms. The third-order valence-electron chi connectivity index (χ3n) is 4.29. The number of nitrogens with one attached hydrogen (secondary N) is 1. The lowest BCUT2D eigenvalue weighted by Crippen LogP contribution is -2.41. The minimum absolute atomic E-state index is 0.297. The second-order valence-corrected chi connectivity index (χ2v) is 6.57. The monoisotopic (exact) mass is 378 g/mol. The van der Waals surface area contributed by atoms with Gasteiger partial charge in [0.15, 0.2) is 11.3 Å². The Labute approximate surface area is 154 Å². The average Bonchev–Trinajstić information content (AvgIpc) is 2.60. The Kier molecular flexibility index (Phi) is 5.48. The maximum atomic E-state index is 12.8. The first-order valence-electron chi connectivity index (χ1n) is 8.35. The summed E-state index contributed by atoms with van der Waals surface area (Å²) < 4.78 is 1.39. The number of amides is 3. The molecule has 1 aliphatic heterocycles. The molecular weight excluding hydrogens is 360 g/mol. The molecule has 3 rings (SSSR count). The van der Waals surface area contributed by atoms with Crippen molar-refractivity contribution >= 4 is 34.7 Å². The third kappa shape index (κ3) is 4.00. The molecule has 0 saturated carbocycles. The molecule has 0 bridgehead atoms. The molecule has 3 amide bonds. The summed E-state index contributed by atoms with van der Waals surface area (Å²) in [5, 5.41) is 2.20.